The van der Waals surface area contributed by atoms with Crippen molar-refractivity contribution in [3.8, 4) is 0 Å². The number of nitrogens with one attached hydrogen (secondary N) is 1. The maximum absolute atomic E-state index is 10.3. The molecule has 0 spiro atoms. The second-order valence-corrected chi connectivity index (χ2v) is 8.29. The van der Waals surface area contributed by atoms with Crippen LogP contribution in [0, 0.1) is 0 Å². The molecule has 0 aliphatic heterocycles. The Morgan fingerprint density at radius 1 is 0.381 bits per heavy atom. The highest BCUT2D eigenvalue weighted by Crippen LogP contribution is 1.87. The molecule has 0 bridgehead atoms. The van der Waals surface area contributed by atoms with E-state index in [1.54, 1.807) is 0 Å². The molecule has 0 saturated heterocycles. The zero-order valence-corrected chi connectivity index (χ0v) is 25.4. The topological polar surface area (TPSA) is 160 Å². The van der Waals surface area contributed by atoms with Crippen LogP contribution in [0.3, 0.4) is 0 Å². The summed E-state index contributed by atoms with van der Waals surface area (Å²) >= 11 is 0. The molecule has 0 atom stereocenters. The average Bonchev–Trinajstić information content (AvgIpc) is 2.98. The summed E-state index contributed by atoms with van der Waals surface area (Å²) in [5, 5.41) is 11.4. The Kier molecular flexibility index (Phi) is 37.0. The summed E-state index contributed by atoms with van der Waals surface area (Å²) in [5.74, 6) is -0.995. The molecule has 0 fully saturated rings. The minimum atomic E-state index is -0.995. The molecule has 0 aromatic heterocycles. The summed E-state index contributed by atoms with van der Waals surface area (Å²) in [6.45, 7) is 11.8. The zero-order chi connectivity index (χ0) is 30.4. The lowest BCUT2D eigenvalue weighted by molar-refractivity contribution is -0.142. The molecule has 252 valence electrons. The zero-order valence-electron chi connectivity index (χ0n) is 25.4. The Morgan fingerprint density at radius 3 is 0.762 bits per heavy atom. The van der Waals surface area contributed by atoms with Gasteiger partial charge in [-0.2, -0.15) is 0 Å². The van der Waals surface area contributed by atoms with Crippen LogP contribution in [-0.4, -0.2) is 183 Å². The van der Waals surface area contributed by atoms with Gasteiger partial charge in [-0.15, -0.1) is 0 Å². The molecule has 0 rings (SSSR count). The second kappa shape index (κ2) is 38.0. The predicted molar refractivity (Wildman–Crippen MR) is 151 cm³/mol. The molecule has 42 heavy (non-hydrogen) atoms. The number of carbonyl (C=O) groups is 1. The van der Waals surface area contributed by atoms with Crippen LogP contribution < -0.4 is 5.32 Å². The fraction of sp³-hybridized carbons (Fsp3) is 0.963. The smallest absolute Gasteiger partial charge is 0.329 e. The summed E-state index contributed by atoms with van der Waals surface area (Å²) < 4.78 is 64.3. The Labute approximate surface area is 250 Å². The minimum Gasteiger partial charge on any atom is -0.480 e. The van der Waals surface area contributed by atoms with Crippen molar-refractivity contribution < 1.29 is 66.7 Å². The van der Waals surface area contributed by atoms with E-state index in [9.17, 15) is 4.79 Å². The van der Waals surface area contributed by atoms with Crippen molar-refractivity contribution in [3.63, 3.8) is 0 Å². The van der Waals surface area contributed by atoms with Crippen LogP contribution in [0.2, 0.25) is 0 Å². The third kappa shape index (κ3) is 39.0. The third-order valence-corrected chi connectivity index (χ3v) is 4.81. The quantitative estimate of drug-likeness (QED) is 0.0852. The van der Waals surface area contributed by atoms with Gasteiger partial charge in [0.1, 0.15) is 6.61 Å². The predicted octanol–water partition coefficient (Wildman–Crippen LogP) is -0.510. The second-order valence-electron chi connectivity index (χ2n) is 8.29. The molecule has 0 radical (unpaired) electrons. The van der Waals surface area contributed by atoms with Crippen molar-refractivity contribution in [2.24, 2.45) is 0 Å². The van der Waals surface area contributed by atoms with Gasteiger partial charge in [0.25, 0.3) is 0 Å². The first-order valence-corrected chi connectivity index (χ1v) is 14.6. The van der Waals surface area contributed by atoms with Gasteiger partial charge < -0.3 is 67.3 Å². The van der Waals surface area contributed by atoms with E-state index in [-0.39, 0.29) is 13.2 Å². The normalized spacial score (nSPS) is 11.5. The molecule has 15 nitrogen and oxygen atoms in total. The van der Waals surface area contributed by atoms with Gasteiger partial charge in [0.2, 0.25) is 0 Å². The van der Waals surface area contributed by atoms with Crippen LogP contribution in [0.5, 0.6) is 0 Å². The van der Waals surface area contributed by atoms with E-state index in [0.29, 0.717) is 145 Å². The van der Waals surface area contributed by atoms with Crippen LogP contribution in [0.25, 0.3) is 0 Å². The van der Waals surface area contributed by atoms with Gasteiger partial charge in [-0.3, -0.25) is 0 Å². The fourth-order valence-electron chi connectivity index (χ4n) is 2.75. The molecule has 0 aromatic carbocycles. The van der Waals surface area contributed by atoms with Crippen molar-refractivity contribution >= 4 is 5.97 Å². The van der Waals surface area contributed by atoms with Crippen LogP contribution in [0.1, 0.15) is 0 Å². The van der Waals surface area contributed by atoms with Gasteiger partial charge in [-0.1, -0.05) is 0 Å². The summed E-state index contributed by atoms with van der Waals surface area (Å²) in [4.78, 5) is 10.3. The highest BCUT2D eigenvalue weighted by atomic mass is 16.6. The fourth-order valence-corrected chi connectivity index (χ4v) is 2.75. The number of rotatable bonds is 38. The summed E-state index contributed by atoms with van der Waals surface area (Å²) in [6, 6.07) is 0. The number of likely N-dealkylation sites (N-methyl/N-ethyl adjacent to an activating group) is 1. The first-order chi connectivity index (χ1) is 20.8. The van der Waals surface area contributed by atoms with E-state index in [2.05, 4.69) is 5.32 Å². The molecule has 0 unspecified atom stereocenters. The molecule has 0 amide bonds. The number of aliphatic carboxylic acids is 1. The van der Waals surface area contributed by atoms with E-state index in [4.69, 9.17) is 61.9 Å². The van der Waals surface area contributed by atoms with Crippen LogP contribution >= 0.6 is 0 Å². The number of carboxylic acid groups (broad SMARTS) is 1. The molecular weight excluding hydrogens is 562 g/mol. The Hall–Kier alpha value is -1.05. The Balaban J connectivity index is 3.03. The Morgan fingerprint density at radius 2 is 0.571 bits per heavy atom. The van der Waals surface area contributed by atoms with Gasteiger partial charge in [0.05, 0.1) is 152 Å². The maximum Gasteiger partial charge on any atom is 0.329 e. The van der Waals surface area contributed by atoms with E-state index < -0.39 is 5.97 Å². The van der Waals surface area contributed by atoms with Gasteiger partial charge >= 0.3 is 5.97 Å². The van der Waals surface area contributed by atoms with E-state index in [1.165, 1.54) is 0 Å². The molecule has 0 heterocycles. The summed E-state index contributed by atoms with van der Waals surface area (Å²) in [5.41, 5.74) is 0. The minimum absolute atomic E-state index is 0.242. The van der Waals surface area contributed by atoms with Crippen LogP contribution in [0.4, 0.5) is 0 Å². The molecule has 15 heteroatoms. The van der Waals surface area contributed by atoms with Crippen molar-refractivity contribution in [2.45, 2.75) is 0 Å². The number of carboxylic acids is 1. The number of hydrogen-bond donors (Lipinski definition) is 2. The Bertz CT molecular complexity index is 521. The lowest BCUT2D eigenvalue weighted by Crippen LogP contribution is -2.17. The summed E-state index contributed by atoms with van der Waals surface area (Å²) in [7, 11) is 1.89. The van der Waals surface area contributed by atoms with E-state index >= 15 is 0 Å². The SMILES string of the molecule is CNCCOCCOCCOCCOCCOCCOCCOCCOCCOCCOCCOCCOCC(=O)O. The standard InChI is InChI=1S/C27H55NO14/c1-28-2-3-31-4-5-32-6-7-33-8-9-34-10-11-35-12-13-36-14-15-37-16-17-38-18-19-39-20-21-40-22-23-41-24-25-42-26-27(29)30/h28H,2-26H2,1H3,(H,29,30). The van der Waals surface area contributed by atoms with Crippen molar-refractivity contribution in [2.75, 3.05) is 172 Å². The van der Waals surface area contributed by atoms with Crippen molar-refractivity contribution in [3.05, 3.63) is 0 Å². The van der Waals surface area contributed by atoms with Crippen molar-refractivity contribution in [1.82, 2.24) is 5.32 Å². The van der Waals surface area contributed by atoms with Crippen molar-refractivity contribution in [1.29, 1.82) is 0 Å². The van der Waals surface area contributed by atoms with E-state index in [0.717, 1.165) is 6.54 Å². The van der Waals surface area contributed by atoms with Gasteiger partial charge in [0, 0.05) is 6.54 Å². The molecule has 0 aliphatic rings. The lowest BCUT2D eigenvalue weighted by Gasteiger charge is -2.09. The van der Waals surface area contributed by atoms with Gasteiger partial charge in [-0.25, -0.2) is 4.79 Å². The molecular formula is C27H55NO14. The largest absolute Gasteiger partial charge is 0.480 e. The maximum atomic E-state index is 10.3. The number of hydrogen-bond acceptors (Lipinski definition) is 14. The highest BCUT2D eigenvalue weighted by molar-refractivity contribution is 5.67. The van der Waals surface area contributed by atoms with Crippen LogP contribution in [-0.2, 0) is 61.6 Å². The number of ether oxygens (including phenoxy) is 12. The first-order valence-electron chi connectivity index (χ1n) is 14.6. The van der Waals surface area contributed by atoms with E-state index in [1.807, 2.05) is 7.05 Å². The monoisotopic (exact) mass is 617 g/mol. The van der Waals surface area contributed by atoms with Gasteiger partial charge in [-0.05, 0) is 7.05 Å². The molecule has 0 aromatic rings. The molecule has 0 aliphatic carbocycles. The van der Waals surface area contributed by atoms with Crippen LogP contribution in [0.15, 0.2) is 0 Å². The molecule has 0 saturated carbocycles. The highest BCUT2D eigenvalue weighted by Gasteiger charge is 1.97. The lowest BCUT2D eigenvalue weighted by atomic mass is 10.6. The molecule has 2 N–H and O–H groups in total. The van der Waals surface area contributed by atoms with Gasteiger partial charge in [0.15, 0.2) is 0 Å². The summed E-state index contributed by atoms with van der Waals surface area (Å²) in [6.07, 6.45) is 0. The first kappa shape index (κ1) is 41.0. The average molecular weight is 618 g/mol. The third-order valence-electron chi connectivity index (χ3n) is 4.81.